The molecule has 200 valence electrons. The van der Waals surface area contributed by atoms with E-state index < -0.39 is 34.0 Å². The maximum atomic E-state index is 13.3. The molecule has 0 unspecified atom stereocenters. The molecule has 0 spiro atoms. The van der Waals surface area contributed by atoms with Gasteiger partial charge >= 0.3 is 12.1 Å². The number of esters is 1. The van der Waals surface area contributed by atoms with Crippen LogP contribution >= 0.6 is 10.3 Å². The largest absolute Gasteiger partial charge is 0.460 e. The molecule has 8 nitrogen and oxygen atoms in total. The number of nitrogens with zero attached hydrogens (tertiary/aromatic N) is 1. The highest BCUT2D eigenvalue weighted by Crippen LogP contribution is 2.44. The molecule has 1 heterocycles. The summed E-state index contributed by atoms with van der Waals surface area (Å²) in [6.07, 6.45) is 0.750. The number of alkyl carbamates (subject to hydrolysis) is 1. The van der Waals surface area contributed by atoms with E-state index in [-0.39, 0.29) is 24.9 Å². The van der Waals surface area contributed by atoms with E-state index in [2.05, 4.69) is 17.4 Å². The smallest absolute Gasteiger partial charge is 0.407 e. The Morgan fingerprint density at radius 1 is 1.03 bits per heavy atom. The number of amides is 2. The number of rotatable bonds is 6. The predicted octanol–water partition coefficient (Wildman–Crippen LogP) is 4.38. The van der Waals surface area contributed by atoms with E-state index in [9.17, 15) is 18.9 Å². The Hall–Kier alpha value is -3.04. The number of carbonyl (C=O) groups excluding carboxylic acids is 3. The number of ether oxygens (including phenoxy) is 2. The molecular weight excluding hydrogens is 492 g/mol. The molecule has 0 saturated carbocycles. The third kappa shape index (κ3) is 6.64. The molecule has 2 aromatic carbocycles. The van der Waals surface area contributed by atoms with Gasteiger partial charge in [-0.1, -0.05) is 48.5 Å². The fourth-order valence-electron chi connectivity index (χ4n) is 4.80. The van der Waals surface area contributed by atoms with Crippen molar-refractivity contribution in [2.24, 2.45) is 0 Å². The summed E-state index contributed by atoms with van der Waals surface area (Å²) in [7, 11) is -1.71. The van der Waals surface area contributed by atoms with E-state index >= 15 is 0 Å². The average Bonchev–Trinajstić information content (AvgIpc) is 3.14. The van der Waals surface area contributed by atoms with Gasteiger partial charge in [0.05, 0.1) is 6.42 Å². The van der Waals surface area contributed by atoms with Crippen LogP contribution in [-0.2, 0) is 19.1 Å². The standard InChI is InChI=1S/C28H36N2O6S/c1-28(2,3)36-25(31)17-24(26(32)30-13-15-37(4,34)16-14-30)29-27(33)35-18-23-21-11-7-5-9-19(21)20-10-6-8-12-22(20)23/h5-12,23-24,34H,13-18H2,1-4H3,(H,29,33)/t24-/m0/s1. The SMILES string of the molecule is CC(C)(C)OC(=O)C[C@H](NC(=O)OCC1c2ccccc2-c2ccccc21)C(=O)N1CCS(C)(O)CC1. The summed E-state index contributed by atoms with van der Waals surface area (Å²) in [4.78, 5) is 40.4. The lowest BCUT2D eigenvalue weighted by molar-refractivity contribution is -0.157. The van der Waals surface area contributed by atoms with Gasteiger partial charge in [-0.2, -0.15) is 0 Å². The van der Waals surface area contributed by atoms with Gasteiger partial charge < -0.3 is 24.2 Å². The van der Waals surface area contributed by atoms with Crippen LogP contribution in [0.2, 0.25) is 0 Å². The van der Waals surface area contributed by atoms with Crippen LogP contribution in [0.5, 0.6) is 0 Å². The van der Waals surface area contributed by atoms with Crippen molar-refractivity contribution in [2.45, 2.75) is 44.8 Å². The Labute approximate surface area is 219 Å². The van der Waals surface area contributed by atoms with Gasteiger partial charge in [0, 0.05) is 30.5 Å². The molecule has 9 heteroatoms. The van der Waals surface area contributed by atoms with Crippen molar-refractivity contribution in [1.29, 1.82) is 0 Å². The molecule has 2 aromatic rings. The second kappa shape index (κ2) is 10.8. The monoisotopic (exact) mass is 528 g/mol. The molecule has 1 aliphatic heterocycles. The van der Waals surface area contributed by atoms with Gasteiger partial charge in [0.25, 0.3) is 0 Å². The zero-order chi connectivity index (χ0) is 26.8. The van der Waals surface area contributed by atoms with Crippen LogP contribution in [-0.4, -0.2) is 76.5 Å². The van der Waals surface area contributed by atoms with E-state index in [4.69, 9.17) is 9.47 Å². The molecule has 37 heavy (non-hydrogen) atoms. The molecule has 1 aliphatic carbocycles. The van der Waals surface area contributed by atoms with Gasteiger partial charge in [-0.3, -0.25) is 9.59 Å². The lowest BCUT2D eigenvalue weighted by Crippen LogP contribution is -2.53. The van der Waals surface area contributed by atoms with Crippen molar-refractivity contribution in [2.75, 3.05) is 37.5 Å². The van der Waals surface area contributed by atoms with Crippen LogP contribution < -0.4 is 5.32 Å². The molecule has 1 fully saturated rings. The summed E-state index contributed by atoms with van der Waals surface area (Å²) < 4.78 is 21.3. The summed E-state index contributed by atoms with van der Waals surface area (Å²) >= 11 is 0. The average molecular weight is 529 g/mol. The van der Waals surface area contributed by atoms with E-state index in [0.717, 1.165) is 22.3 Å². The van der Waals surface area contributed by atoms with Crippen LogP contribution in [0.1, 0.15) is 44.2 Å². The van der Waals surface area contributed by atoms with Crippen LogP contribution in [0.3, 0.4) is 0 Å². The summed E-state index contributed by atoms with van der Waals surface area (Å²) in [5, 5.41) is 2.61. The normalized spacial score (nSPS) is 18.2. The van der Waals surface area contributed by atoms with Gasteiger partial charge in [0.15, 0.2) is 0 Å². The number of hydrogen-bond donors (Lipinski definition) is 2. The number of hydrogen-bond acceptors (Lipinski definition) is 6. The zero-order valence-corrected chi connectivity index (χ0v) is 22.7. The van der Waals surface area contributed by atoms with Gasteiger partial charge in [0.2, 0.25) is 5.91 Å². The molecule has 1 atom stereocenters. The highest BCUT2D eigenvalue weighted by Gasteiger charge is 2.35. The maximum absolute atomic E-state index is 13.3. The Balaban J connectivity index is 1.44. The Bertz CT molecular complexity index is 1120. The first-order valence-electron chi connectivity index (χ1n) is 12.5. The van der Waals surface area contributed by atoms with Gasteiger partial charge in [-0.25, -0.2) is 4.79 Å². The van der Waals surface area contributed by atoms with Crippen molar-refractivity contribution >= 4 is 28.3 Å². The molecule has 0 radical (unpaired) electrons. The third-order valence-corrected chi connectivity index (χ3v) is 8.76. The maximum Gasteiger partial charge on any atom is 0.407 e. The second-order valence-electron chi connectivity index (χ2n) is 10.8. The van der Waals surface area contributed by atoms with Crippen molar-refractivity contribution in [1.82, 2.24) is 10.2 Å². The fourth-order valence-corrected chi connectivity index (χ4v) is 6.23. The molecule has 1 saturated heterocycles. The minimum absolute atomic E-state index is 0.100. The minimum atomic E-state index is -1.71. The summed E-state index contributed by atoms with van der Waals surface area (Å²) in [5.74, 6) is -0.0785. The van der Waals surface area contributed by atoms with Crippen LogP contribution in [0.15, 0.2) is 48.5 Å². The summed E-state index contributed by atoms with van der Waals surface area (Å²) in [6.45, 7) is 6.09. The summed E-state index contributed by atoms with van der Waals surface area (Å²) in [5.41, 5.74) is 3.68. The van der Waals surface area contributed by atoms with Crippen molar-refractivity contribution < 1.29 is 28.4 Å². The van der Waals surface area contributed by atoms with E-state index in [1.165, 1.54) is 0 Å². The van der Waals surface area contributed by atoms with E-state index in [1.54, 1.807) is 25.7 Å². The van der Waals surface area contributed by atoms with Crippen LogP contribution in [0, 0.1) is 0 Å². The Morgan fingerprint density at radius 2 is 1.57 bits per heavy atom. The topological polar surface area (TPSA) is 105 Å². The minimum Gasteiger partial charge on any atom is -0.460 e. The predicted molar refractivity (Wildman–Crippen MR) is 145 cm³/mol. The Kier molecular flexibility index (Phi) is 7.85. The van der Waals surface area contributed by atoms with Gasteiger partial charge in [-0.05, 0) is 49.3 Å². The van der Waals surface area contributed by atoms with Crippen LogP contribution in [0.25, 0.3) is 11.1 Å². The van der Waals surface area contributed by atoms with E-state index in [0.29, 0.717) is 24.6 Å². The number of nitrogens with one attached hydrogen (secondary N) is 1. The number of benzene rings is 2. The van der Waals surface area contributed by atoms with Gasteiger partial charge in [0.1, 0.15) is 18.2 Å². The highest BCUT2D eigenvalue weighted by atomic mass is 32.3. The molecule has 2 aliphatic rings. The quantitative estimate of drug-likeness (QED) is 0.540. The van der Waals surface area contributed by atoms with E-state index in [1.807, 2.05) is 42.7 Å². The van der Waals surface area contributed by atoms with Crippen molar-refractivity contribution in [3.63, 3.8) is 0 Å². The van der Waals surface area contributed by atoms with Crippen LogP contribution in [0.4, 0.5) is 4.79 Å². The lowest BCUT2D eigenvalue weighted by atomic mass is 9.98. The first-order chi connectivity index (χ1) is 17.4. The number of fused-ring (bicyclic) bond motifs is 3. The number of carbonyl (C=O) groups is 3. The summed E-state index contributed by atoms with van der Waals surface area (Å²) in [6, 6.07) is 15.0. The first-order valence-corrected chi connectivity index (χ1v) is 14.9. The van der Waals surface area contributed by atoms with Gasteiger partial charge in [-0.15, -0.1) is 10.3 Å². The molecular formula is C28H36N2O6S. The Morgan fingerprint density at radius 3 is 2.11 bits per heavy atom. The highest BCUT2D eigenvalue weighted by molar-refractivity contribution is 8.28. The third-order valence-electron chi connectivity index (χ3n) is 6.64. The first kappa shape index (κ1) is 27.0. The van der Waals surface area contributed by atoms with Crippen molar-refractivity contribution in [3.8, 4) is 11.1 Å². The fraction of sp³-hybridized carbons (Fsp3) is 0.464. The molecule has 2 N–H and O–H groups in total. The molecule has 2 amide bonds. The molecule has 4 rings (SSSR count). The second-order valence-corrected chi connectivity index (χ2v) is 14.0. The van der Waals surface area contributed by atoms with Crippen molar-refractivity contribution in [3.05, 3.63) is 59.7 Å². The molecule has 0 bridgehead atoms. The lowest BCUT2D eigenvalue weighted by Gasteiger charge is -2.40. The zero-order valence-electron chi connectivity index (χ0n) is 21.9. The molecule has 0 aromatic heterocycles.